The van der Waals surface area contributed by atoms with Crippen molar-refractivity contribution in [3.63, 3.8) is 0 Å². The molecule has 160 valence electrons. The number of carbonyl (C=O) groups excluding carboxylic acids is 1. The number of hydrogen-bond donors (Lipinski definition) is 1. The van der Waals surface area contributed by atoms with Gasteiger partial charge in [-0.15, -0.1) is 0 Å². The molecule has 0 aliphatic carbocycles. The Kier molecular flexibility index (Phi) is 5.97. The highest BCUT2D eigenvalue weighted by Crippen LogP contribution is 2.34. The highest BCUT2D eigenvalue weighted by atomic mass is 35.5. The lowest BCUT2D eigenvalue weighted by Crippen LogP contribution is -2.35. The molecule has 4 rings (SSSR count). The molecule has 3 aromatic rings. The van der Waals surface area contributed by atoms with Gasteiger partial charge in [0.2, 0.25) is 0 Å². The third-order valence-corrected chi connectivity index (χ3v) is 7.77. The number of carbonyl (C=O) groups is 1. The molecule has 1 aliphatic rings. The zero-order chi connectivity index (χ0) is 22.2. The predicted octanol–water partition coefficient (Wildman–Crippen LogP) is 5.70. The summed E-state index contributed by atoms with van der Waals surface area (Å²) in [4.78, 5) is 12.8. The van der Waals surface area contributed by atoms with E-state index in [0.29, 0.717) is 39.9 Å². The molecule has 1 aliphatic heterocycles. The Balaban J connectivity index is 1.60. The first-order valence-corrected chi connectivity index (χ1v) is 11.9. The Morgan fingerprint density at radius 3 is 2.42 bits per heavy atom. The van der Waals surface area contributed by atoms with Crippen LogP contribution < -0.4 is 9.62 Å². The van der Waals surface area contributed by atoms with Gasteiger partial charge in [0.25, 0.3) is 15.9 Å². The quantitative estimate of drug-likeness (QED) is 0.527. The van der Waals surface area contributed by atoms with Gasteiger partial charge in [-0.25, -0.2) is 8.42 Å². The van der Waals surface area contributed by atoms with Crippen LogP contribution in [-0.4, -0.2) is 20.9 Å². The molecule has 8 heteroatoms. The molecule has 0 aromatic heterocycles. The van der Waals surface area contributed by atoms with E-state index >= 15 is 0 Å². The molecule has 0 fully saturated rings. The van der Waals surface area contributed by atoms with Crippen molar-refractivity contribution in [2.45, 2.75) is 24.7 Å². The summed E-state index contributed by atoms with van der Waals surface area (Å²) in [5.41, 5.74) is 3.48. The monoisotopic (exact) mass is 474 g/mol. The van der Waals surface area contributed by atoms with Crippen molar-refractivity contribution in [3.8, 4) is 0 Å². The summed E-state index contributed by atoms with van der Waals surface area (Å²) in [6, 6.07) is 16.8. The van der Waals surface area contributed by atoms with Crippen LogP contribution in [0.4, 0.5) is 11.4 Å². The number of anilines is 2. The topological polar surface area (TPSA) is 66.5 Å². The normalized spacial score (nSPS) is 13.6. The molecule has 0 radical (unpaired) electrons. The molecule has 0 atom stereocenters. The van der Waals surface area contributed by atoms with E-state index < -0.39 is 10.0 Å². The lowest BCUT2D eigenvalue weighted by molar-refractivity contribution is 0.102. The van der Waals surface area contributed by atoms with Gasteiger partial charge in [0, 0.05) is 17.8 Å². The maximum atomic E-state index is 13.2. The van der Waals surface area contributed by atoms with Crippen LogP contribution in [0.25, 0.3) is 0 Å². The maximum Gasteiger partial charge on any atom is 0.264 e. The second kappa shape index (κ2) is 8.54. The number of fused-ring (bicyclic) bond motifs is 1. The van der Waals surface area contributed by atoms with Crippen molar-refractivity contribution in [2.24, 2.45) is 0 Å². The van der Waals surface area contributed by atoms with Crippen molar-refractivity contribution in [1.29, 1.82) is 0 Å². The highest BCUT2D eigenvalue weighted by Gasteiger charge is 2.29. The second-order valence-corrected chi connectivity index (χ2v) is 10.1. The molecule has 0 spiro atoms. The highest BCUT2D eigenvalue weighted by molar-refractivity contribution is 7.92. The number of hydrogen-bond acceptors (Lipinski definition) is 3. The van der Waals surface area contributed by atoms with E-state index in [2.05, 4.69) is 5.32 Å². The first-order chi connectivity index (χ1) is 14.8. The molecule has 3 aromatic carbocycles. The lowest BCUT2D eigenvalue weighted by Gasteiger charge is -2.31. The molecular weight excluding hydrogens is 455 g/mol. The fourth-order valence-corrected chi connectivity index (χ4v) is 5.41. The summed E-state index contributed by atoms with van der Waals surface area (Å²) in [5.74, 6) is -0.321. The molecule has 31 heavy (non-hydrogen) atoms. The van der Waals surface area contributed by atoms with Crippen LogP contribution >= 0.6 is 23.2 Å². The van der Waals surface area contributed by atoms with Crippen LogP contribution in [0.15, 0.2) is 65.6 Å². The minimum Gasteiger partial charge on any atom is -0.322 e. The minimum absolute atomic E-state index is 0.267. The lowest BCUT2D eigenvalue weighted by atomic mass is 10.0. The van der Waals surface area contributed by atoms with Crippen LogP contribution in [0.5, 0.6) is 0 Å². The van der Waals surface area contributed by atoms with Crippen molar-refractivity contribution in [3.05, 3.63) is 87.4 Å². The number of amides is 1. The van der Waals surface area contributed by atoms with Gasteiger partial charge in [-0.05, 0) is 73.9 Å². The number of benzene rings is 3. The van der Waals surface area contributed by atoms with E-state index in [1.165, 1.54) is 10.4 Å². The smallest absolute Gasteiger partial charge is 0.264 e. The fraction of sp³-hybridized carbons (Fsp3) is 0.174. The Bertz CT molecular complexity index is 1260. The first-order valence-electron chi connectivity index (χ1n) is 9.74. The third kappa shape index (κ3) is 4.42. The third-order valence-electron chi connectivity index (χ3n) is 5.20. The van der Waals surface area contributed by atoms with Crippen LogP contribution in [-0.2, 0) is 16.4 Å². The predicted molar refractivity (Wildman–Crippen MR) is 125 cm³/mol. The number of rotatable bonds is 4. The van der Waals surface area contributed by atoms with Crippen LogP contribution in [0.3, 0.4) is 0 Å². The maximum absolute atomic E-state index is 13.2. The van der Waals surface area contributed by atoms with Gasteiger partial charge in [0.05, 0.1) is 20.6 Å². The van der Waals surface area contributed by atoms with Crippen molar-refractivity contribution in [2.75, 3.05) is 16.2 Å². The molecule has 5 nitrogen and oxygen atoms in total. The summed E-state index contributed by atoms with van der Waals surface area (Å²) in [7, 11) is -3.66. The van der Waals surface area contributed by atoms with Gasteiger partial charge in [0.15, 0.2) is 0 Å². The van der Waals surface area contributed by atoms with E-state index in [-0.39, 0.29) is 10.8 Å². The van der Waals surface area contributed by atoms with Gasteiger partial charge in [-0.3, -0.25) is 9.10 Å². The molecule has 0 saturated carbocycles. The summed E-state index contributed by atoms with van der Waals surface area (Å²) in [5, 5.41) is 3.52. The average molecular weight is 475 g/mol. The second-order valence-electron chi connectivity index (χ2n) is 7.42. The Hall–Kier alpha value is -2.54. The van der Waals surface area contributed by atoms with Gasteiger partial charge in [-0.1, -0.05) is 40.9 Å². The van der Waals surface area contributed by atoms with E-state index in [0.717, 1.165) is 17.5 Å². The van der Waals surface area contributed by atoms with Gasteiger partial charge < -0.3 is 5.32 Å². The first kappa shape index (κ1) is 21.7. The molecular formula is C23H20Cl2N2O3S. The molecule has 0 saturated heterocycles. The molecule has 1 N–H and O–H groups in total. The molecule has 0 unspecified atom stereocenters. The number of aryl methyl sites for hydroxylation is 2. The summed E-state index contributed by atoms with van der Waals surface area (Å²) >= 11 is 11.9. The van der Waals surface area contributed by atoms with Crippen LogP contribution in [0, 0.1) is 6.92 Å². The standard InChI is InChI=1S/C23H20Cl2N2O3S/c1-15-4-8-19(9-5-15)31(29,30)27-12-2-3-16-13-18(7-11-22(16)27)26-23(28)17-6-10-20(24)21(25)14-17/h4-11,13-14H,2-3,12H2,1H3,(H,26,28). The fourth-order valence-electron chi connectivity index (χ4n) is 3.57. The number of nitrogens with zero attached hydrogens (tertiary/aromatic N) is 1. The summed E-state index contributed by atoms with van der Waals surface area (Å²) in [6.45, 7) is 2.33. The van der Waals surface area contributed by atoms with Gasteiger partial charge in [0.1, 0.15) is 0 Å². The van der Waals surface area contributed by atoms with E-state index in [1.54, 1.807) is 48.5 Å². The van der Waals surface area contributed by atoms with Crippen molar-refractivity contribution >= 4 is 50.5 Å². The Labute approximate surface area is 191 Å². The van der Waals surface area contributed by atoms with E-state index in [1.807, 2.05) is 13.0 Å². The Morgan fingerprint density at radius 1 is 0.968 bits per heavy atom. The summed E-state index contributed by atoms with van der Waals surface area (Å²) < 4.78 is 27.8. The van der Waals surface area contributed by atoms with Gasteiger partial charge >= 0.3 is 0 Å². The molecule has 1 amide bonds. The zero-order valence-corrected chi connectivity index (χ0v) is 19.1. The molecule has 0 bridgehead atoms. The average Bonchev–Trinajstić information content (AvgIpc) is 2.75. The molecule has 1 heterocycles. The van der Waals surface area contributed by atoms with Crippen molar-refractivity contribution < 1.29 is 13.2 Å². The largest absolute Gasteiger partial charge is 0.322 e. The van der Waals surface area contributed by atoms with E-state index in [9.17, 15) is 13.2 Å². The van der Waals surface area contributed by atoms with Gasteiger partial charge in [-0.2, -0.15) is 0 Å². The van der Waals surface area contributed by atoms with Crippen molar-refractivity contribution in [1.82, 2.24) is 0 Å². The van der Waals surface area contributed by atoms with Crippen LogP contribution in [0.2, 0.25) is 10.0 Å². The SMILES string of the molecule is Cc1ccc(S(=O)(=O)N2CCCc3cc(NC(=O)c4ccc(Cl)c(Cl)c4)ccc32)cc1. The zero-order valence-electron chi connectivity index (χ0n) is 16.7. The minimum atomic E-state index is -3.66. The van der Waals surface area contributed by atoms with Crippen LogP contribution in [0.1, 0.15) is 27.9 Å². The summed E-state index contributed by atoms with van der Waals surface area (Å²) in [6.07, 6.45) is 1.42. The number of halogens is 2. The Morgan fingerprint density at radius 2 is 1.71 bits per heavy atom. The number of nitrogens with one attached hydrogen (secondary N) is 1. The van der Waals surface area contributed by atoms with E-state index in [4.69, 9.17) is 23.2 Å². The number of sulfonamides is 1.